The van der Waals surface area contributed by atoms with Crippen LogP contribution in [0.2, 0.25) is 0 Å². The minimum atomic E-state index is 0.710. The van der Waals surface area contributed by atoms with Gasteiger partial charge in [-0.15, -0.1) is 0 Å². The van der Waals surface area contributed by atoms with E-state index in [2.05, 4.69) is 32.8 Å². The van der Waals surface area contributed by atoms with Crippen molar-refractivity contribution in [2.75, 3.05) is 36.8 Å². The highest BCUT2D eigenvalue weighted by molar-refractivity contribution is 5.46. The molecule has 0 spiro atoms. The van der Waals surface area contributed by atoms with Crippen molar-refractivity contribution < 1.29 is 0 Å². The number of hydrogen-bond acceptors (Lipinski definition) is 5. The molecule has 0 aromatic carbocycles. The third-order valence-electron chi connectivity index (χ3n) is 3.00. The summed E-state index contributed by atoms with van der Waals surface area (Å²) in [4.78, 5) is 8.37. The van der Waals surface area contributed by atoms with Crippen LogP contribution in [0.3, 0.4) is 0 Å². The summed E-state index contributed by atoms with van der Waals surface area (Å²) in [6.45, 7) is 6.19. The molecule has 0 saturated carbocycles. The van der Waals surface area contributed by atoms with Gasteiger partial charge in [-0.3, -0.25) is 0 Å². The van der Waals surface area contributed by atoms with Crippen LogP contribution in [0, 0.1) is 5.92 Å². The second-order valence-corrected chi connectivity index (χ2v) is 4.41. The second kappa shape index (κ2) is 6.39. The molecule has 1 fully saturated rings. The summed E-state index contributed by atoms with van der Waals surface area (Å²) >= 11 is 0. The Hall–Kier alpha value is -1.36. The van der Waals surface area contributed by atoms with Crippen LogP contribution in [-0.4, -0.2) is 36.1 Å². The number of anilines is 2. The van der Waals surface area contributed by atoms with Crippen LogP contribution in [0.15, 0.2) is 12.4 Å². The molecule has 5 heteroatoms. The Kier molecular flexibility index (Phi) is 4.55. The van der Waals surface area contributed by atoms with Crippen LogP contribution >= 0.6 is 0 Å². The second-order valence-electron chi connectivity index (χ2n) is 4.41. The van der Waals surface area contributed by atoms with Gasteiger partial charge in [0.1, 0.15) is 18.0 Å². The molecule has 0 amide bonds. The molecule has 2 rings (SSSR count). The minimum absolute atomic E-state index is 0.710. The summed E-state index contributed by atoms with van der Waals surface area (Å²) in [5.41, 5.74) is 0. The first kappa shape index (κ1) is 12.1. The van der Waals surface area contributed by atoms with Crippen molar-refractivity contribution >= 4 is 11.6 Å². The molecule has 5 nitrogen and oxygen atoms in total. The molecule has 3 N–H and O–H groups in total. The third kappa shape index (κ3) is 3.85. The van der Waals surface area contributed by atoms with Gasteiger partial charge >= 0.3 is 0 Å². The Morgan fingerprint density at radius 2 is 2.18 bits per heavy atom. The van der Waals surface area contributed by atoms with E-state index in [1.165, 1.54) is 12.8 Å². The predicted molar refractivity (Wildman–Crippen MR) is 70.3 cm³/mol. The minimum Gasteiger partial charge on any atom is -0.370 e. The van der Waals surface area contributed by atoms with E-state index < -0.39 is 0 Å². The lowest BCUT2D eigenvalue weighted by atomic mass is 10.00. The molecule has 1 atom stereocenters. The van der Waals surface area contributed by atoms with Crippen molar-refractivity contribution in [1.82, 2.24) is 15.3 Å². The maximum atomic E-state index is 4.22. The Labute approximate surface area is 102 Å². The molecule has 1 aromatic heterocycles. The number of rotatable bonds is 5. The maximum absolute atomic E-state index is 4.22. The quantitative estimate of drug-likeness (QED) is 0.718. The topological polar surface area (TPSA) is 61.9 Å². The summed E-state index contributed by atoms with van der Waals surface area (Å²) in [7, 11) is 0. The van der Waals surface area contributed by atoms with E-state index in [0.29, 0.717) is 5.92 Å². The van der Waals surface area contributed by atoms with Crippen LogP contribution in [-0.2, 0) is 0 Å². The fourth-order valence-corrected chi connectivity index (χ4v) is 2.08. The van der Waals surface area contributed by atoms with E-state index in [9.17, 15) is 0 Å². The summed E-state index contributed by atoms with van der Waals surface area (Å²) < 4.78 is 0. The highest BCUT2D eigenvalue weighted by Gasteiger charge is 2.12. The van der Waals surface area contributed by atoms with Crippen molar-refractivity contribution in [3.63, 3.8) is 0 Å². The Balaban J connectivity index is 1.83. The van der Waals surface area contributed by atoms with E-state index in [1.807, 2.05) is 6.07 Å². The lowest BCUT2D eigenvalue weighted by Crippen LogP contribution is -2.33. The van der Waals surface area contributed by atoms with E-state index >= 15 is 0 Å². The lowest BCUT2D eigenvalue weighted by Gasteiger charge is -2.23. The smallest absolute Gasteiger partial charge is 0.131 e. The molecule has 1 aliphatic heterocycles. The number of hydrogen-bond donors (Lipinski definition) is 3. The molecule has 1 aromatic rings. The highest BCUT2D eigenvalue weighted by atomic mass is 15.1. The average molecular weight is 235 g/mol. The van der Waals surface area contributed by atoms with Gasteiger partial charge in [0.25, 0.3) is 0 Å². The van der Waals surface area contributed by atoms with Crippen LogP contribution in [0.25, 0.3) is 0 Å². The predicted octanol–water partition coefficient (Wildman–Crippen LogP) is 1.32. The van der Waals surface area contributed by atoms with Crippen molar-refractivity contribution in [2.45, 2.75) is 19.8 Å². The van der Waals surface area contributed by atoms with Crippen LogP contribution in [0.4, 0.5) is 11.6 Å². The maximum Gasteiger partial charge on any atom is 0.131 e. The molecule has 0 bridgehead atoms. The van der Waals surface area contributed by atoms with Crippen LogP contribution in [0.1, 0.15) is 19.8 Å². The standard InChI is InChI=1S/C12H21N5/c1-2-14-11-6-12(17-9-16-11)15-8-10-4-3-5-13-7-10/h6,9-10,13H,2-5,7-8H2,1H3,(H2,14,15,16,17). The third-order valence-corrected chi connectivity index (χ3v) is 3.00. The number of aromatic nitrogens is 2. The van der Waals surface area contributed by atoms with E-state index in [1.54, 1.807) is 6.33 Å². The monoisotopic (exact) mass is 235 g/mol. The van der Waals surface area contributed by atoms with Crippen molar-refractivity contribution in [2.24, 2.45) is 5.92 Å². The number of piperidine rings is 1. The number of nitrogens with one attached hydrogen (secondary N) is 3. The molecule has 17 heavy (non-hydrogen) atoms. The molecule has 0 radical (unpaired) electrons. The zero-order valence-electron chi connectivity index (χ0n) is 10.4. The zero-order valence-corrected chi connectivity index (χ0v) is 10.4. The fraction of sp³-hybridized carbons (Fsp3) is 0.667. The summed E-state index contributed by atoms with van der Waals surface area (Å²) in [5, 5.41) is 9.98. The van der Waals surface area contributed by atoms with E-state index in [-0.39, 0.29) is 0 Å². The van der Waals surface area contributed by atoms with Gasteiger partial charge < -0.3 is 16.0 Å². The fourth-order valence-electron chi connectivity index (χ4n) is 2.08. The first-order chi connectivity index (χ1) is 8.38. The largest absolute Gasteiger partial charge is 0.370 e. The average Bonchev–Trinajstić information content (AvgIpc) is 2.39. The van der Waals surface area contributed by atoms with E-state index in [4.69, 9.17) is 0 Å². The van der Waals surface area contributed by atoms with Gasteiger partial charge in [0.15, 0.2) is 0 Å². The first-order valence-corrected chi connectivity index (χ1v) is 6.39. The molecule has 1 unspecified atom stereocenters. The Morgan fingerprint density at radius 1 is 1.35 bits per heavy atom. The highest BCUT2D eigenvalue weighted by Crippen LogP contribution is 2.12. The SMILES string of the molecule is CCNc1cc(NCC2CCCNC2)ncn1. The van der Waals surface area contributed by atoms with Gasteiger partial charge in [-0.2, -0.15) is 0 Å². The molecule has 1 aliphatic rings. The summed E-state index contributed by atoms with van der Waals surface area (Å²) in [6, 6.07) is 1.96. The molecule has 2 heterocycles. The molecule has 1 saturated heterocycles. The Bertz CT molecular complexity index is 335. The summed E-state index contributed by atoms with van der Waals surface area (Å²) in [5.74, 6) is 2.49. The Morgan fingerprint density at radius 3 is 2.88 bits per heavy atom. The van der Waals surface area contributed by atoms with Gasteiger partial charge in [0.2, 0.25) is 0 Å². The molecular weight excluding hydrogens is 214 g/mol. The number of nitrogens with zero attached hydrogens (tertiary/aromatic N) is 2. The van der Waals surface area contributed by atoms with Gasteiger partial charge in [-0.25, -0.2) is 9.97 Å². The lowest BCUT2D eigenvalue weighted by molar-refractivity contribution is 0.392. The van der Waals surface area contributed by atoms with Crippen LogP contribution in [0.5, 0.6) is 0 Å². The molecule has 94 valence electrons. The normalized spacial score (nSPS) is 19.9. The van der Waals surface area contributed by atoms with Gasteiger partial charge in [-0.1, -0.05) is 0 Å². The first-order valence-electron chi connectivity index (χ1n) is 6.39. The van der Waals surface area contributed by atoms with Crippen molar-refractivity contribution in [3.8, 4) is 0 Å². The van der Waals surface area contributed by atoms with Crippen molar-refractivity contribution in [1.29, 1.82) is 0 Å². The zero-order chi connectivity index (χ0) is 11.9. The van der Waals surface area contributed by atoms with Crippen molar-refractivity contribution in [3.05, 3.63) is 12.4 Å². The van der Waals surface area contributed by atoms with Crippen LogP contribution < -0.4 is 16.0 Å². The molecular formula is C12H21N5. The van der Waals surface area contributed by atoms with Gasteiger partial charge in [-0.05, 0) is 38.8 Å². The van der Waals surface area contributed by atoms with E-state index in [0.717, 1.165) is 37.8 Å². The van der Waals surface area contributed by atoms with Gasteiger partial charge in [0, 0.05) is 19.2 Å². The summed E-state index contributed by atoms with van der Waals surface area (Å²) in [6.07, 6.45) is 4.17. The molecule has 0 aliphatic carbocycles. The van der Waals surface area contributed by atoms with Gasteiger partial charge in [0.05, 0.1) is 0 Å².